The maximum atomic E-state index is 10.3. The first-order chi connectivity index (χ1) is 9.10. The Labute approximate surface area is 112 Å². The van der Waals surface area contributed by atoms with Crippen molar-refractivity contribution in [3.63, 3.8) is 0 Å². The topological polar surface area (TPSA) is 58.5 Å². The van der Waals surface area contributed by atoms with E-state index in [2.05, 4.69) is 21.4 Å². The van der Waals surface area contributed by atoms with Gasteiger partial charge in [-0.2, -0.15) is 0 Å². The highest BCUT2D eigenvalue weighted by Gasteiger charge is 2.45. The van der Waals surface area contributed by atoms with Gasteiger partial charge in [0.15, 0.2) is 0 Å². The molecule has 3 heterocycles. The van der Waals surface area contributed by atoms with Gasteiger partial charge >= 0.3 is 0 Å². The Bertz CT molecular complexity index is 467. The van der Waals surface area contributed by atoms with E-state index in [9.17, 15) is 5.11 Å². The highest BCUT2D eigenvalue weighted by molar-refractivity contribution is 5.36. The fourth-order valence-corrected chi connectivity index (χ4v) is 2.59. The summed E-state index contributed by atoms with van der Waals surface area (Å²) in [6, 6.07) is 1.81. The molecule has 1 aromatic heterocycles. The van der Waals surface area contributed by atoms with Gasteiger partial charge in [-0.1, -0.05) is 19.1 Å². The van der Waals surface area contributed by atoms with Crippen LogP contribution in [0.15, 0.2) is 30.6 Å². The van der Waals surface area contributed by atoms with Gasteiger partial charge in [0.2, 0.25) is 5.95 Å². The molecule has 0 saturated carbocycles. The zero-order chi connectivity index (χ0) is 13.5. The summed E-state index contributed by atoms with van der Waals surface area (Å²) in [5, 5.41) is 10.3. The molecule has 0 aliphatic carbocycles. The van der Waals surface area contributed by atoms with E-state index < -0.39 is 5.60 Å². The van der Waals surface area contributed by atoms with E-state index >= 15 is 0 Å². The summed E-state index contributed by atoms with van der Waals surface area (Å²) in [6.07, 6.45) is 3.50. The molecule has 2 saturated heterocycles. The van der Waals surface area contributed by atoms with E-state index in [0.29, 0.717) is 19.1 Å². The van der Waals surface area contributed by atoms with Gasteiger partial charge in [-0.05, 0) is 6.07 Å². The second-order valence-corrected chi connectivity index (χ2v) is 5.54. The molecule has 0 aromatic carbocycles. The van der Waals surface area contributed by atoms with Crippen LogP contribution in [-0.2, 0) is 4.74 Å². The van der Waals surface area contributed by atoms with E-state index in [1.807, 2.05) is 13.0 Å². The van der Waals surface area contributed by atoms with Crippen LogP contribution in [0.3, 0.4) is 0 Å². The van der Waals surface area contributed by atoms with Crippen LogP contribution in [0, 0.1) is 11.8 Å². The third kappa shape index (κ3) is 2.13. The van der Waals surface area contributed by atoms with Crippen molar-refractivity contribution >= 4 is 5.95 Å². The monoisotopic (exact) mass is 261 g/mol. The summed E-state index contributed by atoms with van der Waals surface area (Å²) in [7, 11) is 0. The van der Waals surface area contributed by atoms with Crippen molar-refractivity contribution in [1.82, 2.24) is 9.97 Å². The van der Waals surface area contributed by atoms with Crippen molar-refractivity contribution in [1.29, 1.82) is 0 Å². The number of anilines is 1. The summed E-state index contributed by atoms with van der Waals surface area (Å²) in [6.45, 7) is 8.81. The van der Waals surface area contributed by atoms with E-state index in [1.54, 1.807) is 12.4 Å². The Morgan fingerprint density at radius 3 is 2.63 bits per heavy atom. The lowest BCUT2D eigenvalue weighted by atomic mass is 9.75. The van der Waals surface area contributed by atoms with Crippen molar-refractivity contribution < 1.29 is 9.84 Å². The van der Waals surface area contributed by atoms with Crippen LogP contribution in [0.4, 0.5) is 5.95 Å². The number of aromatic nitrogens is 2. The van der Waals surface area contributed by atoms with Crippen LogP contribution in [-0.4, -0.2) is 47.0 Å². The molecule has 5 nitrogen and oxygen atoms in total. The predicted octanol–water partition coefficient (Wildman–Crippen LogP) is 0.866. The number of rotatable bonds is 4. The zero-order valence-electron chi connectivity index (χ0n) is 11.1. The second-order valence-electron chi connectivity index (χ2n) is 5.54. The molecule has 2 aliphatic rings. The van der Waals surface area contributed by atoms with Gasteiger partial charge in [-0.3, -0.25) is 0 Å². The van der Waals surface area contributed by atoms with Gasteiger partial charge in [0.1, 0.15) is 5.60 Å². The molecular formula is C14H19N3O2. The Morgan fingerprint density at radius 2 is 2.11 bits per heavy atom. The van der Waals surface area contributed by atoms with E-state index in [-0.39, 0.29) is 5.92 Å². The molecule has 1 N–H and O–H groups in total. The SMILES string of the molecule is C=C(C1CN(c2ncccn2)C1)[C@@H](C)C1(O)COC1. The Balaban J connectivity index is 1.57. The number of aliphatic hydroxyl groups is 1. The number of hydrogen-bond acceptors (Lipinski definition) is 5. The molecule has 0 bridgehead atoms. The summed E-state index contributed by atoms with van der Waals surface area (Å²) >= 11 is 0. The fraction of sp³-hybridized carbons (Fsp3) is 0.571. The second kappa shape index (κ2) is 4.58. The number of ether oxygens (including phenoxy) is 1. The zero-order valence-corrected chi connectivity index (χ0v) is 11.1. The van der Waals surface area contributed by atoms with Crippen molar-refractivity contribution in [3.05, 3.63) is 30.6 Å². The van der Waals surface area contributed by atoms with Crippen molar-refractivity contribution in [3.8, 4) is 0 Å². The molecule has 0 radical (unpaired) electrons. The average Bonchev–Trinajstić information content (AvgIpc) is 2.34. The number of hydrogen-bond donors (Lipinski definition) is 1. The molecule has 19 heavy (non-hydrogen) atoms. The van der Waals surface area contributed by atoms with Gasteiger partial charge in [-0.25, -0.2) is 9.97 Å². The van der Waals surface area contributed by atoms with Crippen LogP contribution in [0.25, 0.3) is 0 Å². The molecular weight excluding hydrogens is 242 g/mol. The minimum atomic E-state index is -0.708. The predicted molar refractivity (Wildman–Crippen MR) is 71.8 cm³/mol. The van der Waals surface area contributed by atoms with Gasteiger partial charge in [-0.15, -0.1) is 0 Å². The third-order valence-electron chi connectivity index (χ3n) is 4.31. The lowest BCUT2D eigenvalue weighted by Crippen LogP contribution is -2.57. The summed E-state index contributed by atoms with van der Waals surface area (Å²) in [4.78, 5) is 10.6. The van der Waals surface area contributed by atoms with Gasteiger partial charge in [0.25, 0.3) is 0 Å². The Morgan fingerprint density at radius 1 is 1.47 bits per heavy atom. The smallest absolute Gasteiger partial charge is 0.225 e. The molecule has 0 unspecified atom stereocenters. The lowest BCUT2D eigenvalue weighted by Gasteiger charge is -2.47. The van der Waals surface area contributed by atoms with Gasteiger partial charge in [0.05, 0.1) is 13.2 Å². The van der Waals surface area contributed by atoms with Crippen LogP contribution >= 0.6 is 0 Å². The van der Waals surface area contributed by atoms with E-state index in [1.165, 1.54) is 0 Å². The van der Waals surface area contributed by atoms with Crippen molar-refractivity contribution in [2.24, 2.45) is 11.8 Å². The minimum absolute atomic E-state index is 0.0742. The van der Waals surface area contributed by atoms with Crippen LogP contribution < -0.4 is 4.90 Å². The average molecular weight is 261 g/mol. The van der Waals surface area contributed by atoms with Crippen LogP contribution in [0.5, 0.6) is 0 Å². The molecule has 0 amide bonds. The Kier molecular flexibility index (Phi) is 3.03. The van der Waals surface area contributed by atoms with Gasteiger partial charge in [0, 0.05) is 37.3 Å². The quantitative estimate of drug-likeness (QED) is 0.815. The van der Waals surface area contributed by atoms with E-state index in [4.69, 9.17) is 4.74 Å². The lowest BCUT2D eigenvalue weighted by molar-refractivity contribution is -0.198. The molecule has 5 heteroatoms. The maximum absolute atomic E-state index is 10.3. The first-order valence-electron chi connectivity index (χ1n) is 6.61. The molecule has 3 rings (SSSR count). The van der Waals surface area contributed by atoms with Crippen LogP contribution in [0.1, 0.15) is 6.92 Å². The highest BCUT2D eigenvalue weighted by atomic mass is 16.5. The van der Waals surface area contributed by atoms with Crippen LogP contribution in [0.2, 0.25) is 0 Å². The largest absolute Gasteiger partial charge is 0.384 e. The van der Waals surface area contributed by atoms with E-state index in [0.717, 1.165) is 24.6 Å². The first kappa shape index (κ1) is 12.6. The van der Waals surface area contributed by atoms with Gasteiger partial charge < -0.3 is 14.7 Å². The first-order valence-corrected chi connectivity index (χ1v) is 6.61. The minimum Gasteiger partial charge on any atom is -0.384 e. The molecule has 102 valence electrons. The van der Waals surface area contributed by atoms with Crippen molar-refractivity contribution in [2.75, 3.05) is 31.2 Å². The number of nitrogens with zero attached hydrogens (tertiary/aromatic N) is 3. The summed E-state index contributed by atoms with van der Waals surface area (Å²) < 4.78 is 5.11. The third-order valence-corrected chi connectivity index (χ3v) is 4.31. The summed E-state index contributed by atoms with van der Waals surface area (Å²) in [5.74, 6) is 1.25. The molecule has 1 atom stereocenters. The molecule has 1 aromatic rings. The van der Waals surface area contributed by atoms with Crippen molar-refractivity contribution in [2.45, 2.75) is 12.5 Å². The fourth-order valence-electron chi connectivity index (χ4n) is 2.59. The Hall–Kier alpha value is -1.46. The summed E-state index contributed by atoms with van der Waals surface area (Å²) in [5.41, 5.74) is 0.402. The molecule has 0 spiro atoms. The maximum Gasteiger partial charge on any atom is 0.225 e. The molecule has 2 aliphatic heterocycles. The molecule has 2 fully saturated rings. The normalized spacial score (nSPS) is 23.4. The standard InChI is InChI=1S/C14H19N3O2/c1-10(11(2)14(18)8-19-9-14)12-6-17(7-12)13-15-4-3-5-16-13/h3-5,11-12,18H,1,6-9H2,2H3/t11-/m1/s1. The highest BCUT2D eigenvalue weighted by Crippen LogP contribution is 2.37.